The van der Waals surface area contributed by atoms with E-state index < -0.39 is 4.92 Å². The molecule has 0 atom stereocenters. The van der Waals surface area contributed by atoms with Gasteiger partial charge in [-0.3, -0.25) is 15.0 Å². The summed E-state index contributed by atoms with van der Waals surface area (Å²) in [5.41, 5.74) is 0.350. The Morgan fingerprint density at radius 2 is 1.89 bits per heavy atom. The molecule has 19 heavy (non-hydrogen) atoms. The van der Waals surface area contributed by atoms with Gasteiger partial charge < -0.3 is 10.0 Å². The van der Waals surface area contributed by atoms with E-state index in [0.717, 1.165) is 32.2 Å². The molecule has 1 aliphatic heterocycles. The third-order valence-electron chi connectivity index (χ3n) is 3.88. The second-order valence-electron chi connectivity index (χ2n) is 5.16. The van der Waals surface area contributed by atoms with Crippen molar-refractivity contribution in [2.75, 3.05) is 31.1 Å². The fourth-order valence-electron chi connectivity index (χ4n) is 2.74. The second kappa shape index (κ2) is 4.70. The number of hydrogen-bond acceptors (Lipinski definition) is 5. The molecule has 0 radical (unpaired) electrons. The Hall–Kier alpha value is -1.82. The van der Waals surface area contributed by atoms with Crippen molar-refractivity contribution in [1.82, 2.24) is 4.90 Å². The fraction of sp³-hybridized carbons (Fsp3) is 0.538. The van der Waals surface area contributed by atoms with Gasteiger partial charge in [0.15, 0.2) is 5.69 Å². The van der Waals surface area contributed by atoms with Gasteiger partial charge in [-0.25, -0.2) is 0 Å². The summed E-state index contributed by atoms with van der Waals surface area (Å²) in [6.45, 7) is 3.29. The molecule has 3 rings (SSSR count). The van der Waals surface area contributed by atoms with E-state index in [1.807, 2.05) is 4.90 Å². The number of phenolic OH excluding ortho intramolecular Hbond substituents is 1. The van der Waals surface area contributed by atoms with Gasteiger partial charge in [0, 0.05) is 38.3 Å². The molecule has 102 valence electrons. The lowest BCUT2D eigenvalue weighted by atomic mass is 10.2. The van der Waals surface area contributed by atoms with Crippen LogP contribution in [0.2, 0.25) is 0 Å². The molecule has 1 saturated carbocycles. The lowest BCUT2D eigenvalue weighted by molar-refractivity contribution is -0.384. The van der Waals surface area contributed by atoms with E-state index in [-0.39, 0.29) is 11.4 Å². The van der Waals surface area contributed by atoms with E-state index in [4.69, 9.17) is 0 Å². The number of anilines is 1. The van der Waals surface area contributed by atoms with Crippen LogP contribution in [0.25, 0.3) is 0 Å². The lowest BCUT2D eigenvalue weighted by Crippen LogP contribution is -2.47. The van der Waals surface area contributed by atoms with Crippen LogP contribution in [0, 0.1) is 10.1 Å². The summed E-state index contributed by atoms with van der Waals surface area (Å²) in [5.74, 6) is -0.00549. The van der Waals surface area contributed by atoms with Crippen molar-refractivity contribution < 1.29 is 10.0 Å². The van der Waals surface area contributed by atoms with E-state index >= 15 is 0 Å². The molecular formula is C13H17N3O3. The number of nitro benzene ring substituents is 1. The van der Waals surface area contributed by atoms with Crippen molar-refractivity contribution in [1.29, 1.82) is 0 Å². The highest BCUT2D eigenvalue weighted by atomic mass is 16.6. The number of benzene rings is 1. The highest BCUT2D eigenvalue weighted by Crippen LogP contribution is 2.38. The van der Waals surface area contributed by atoms with Crippen LogP contribution < -0.4 is 4.90 Å². The first kappa shape index (κ1) is 12.2. The van der Waals surface area contributed by atoms with Gasteiger partial charge in [-0.1, -0.05) is 6.07 Å². The number of piperazine rings is 1. The minimum absolute atomic E-state index is 0.00549. The van der Waals surface area contributed by atoms with Crippen molar-refractivity contribution in [3.63, 3.8) is 0 Å². The van der Waals surface area contributed by atoms with Crippen LogP contribution in [-0.4, -0.2) is 47.2 Å². The van der Waals surface area contributed by atoms with Crippen molar-refractivity contribution >= 4 is 11.4 Å². The van der Waals surface area contributed by atoms with E-state index in [0.29, 0.717) is 5.69 Å². The predicted octanol–water partition coefficient (Wildman–Crippen LogP) is 1.58. The summed E-state index contributed by atoms with van der Waals surface area (Å²) in [4.78, 5) is 15.0. The monoisotopic (exact) mass is 263 g/mol. The van der Waals surface area contributed by atoms with E-state index in [9.17, 15) is 15.2 Å². The molecule has 6 heteroatoms. The predicted molar refractivity (Wildman–Crippen MR) is 71.6 cm³/mol. The van der Waals surface area contributed by atoms with Crippen molar-refractivity contribution in [2.45, 2.75) is 18.9 Å². The van der Waals surface area contributed by atoms with Gasteiger partial charge in [0.1, 0.15) is 5.75 Å². The SMILES string of the molecule is O=[N+]([O-])c1cccc(O)c1N1CCN(C2CC2)CC1. The molecule has 1 N–H and O–H groups in total. The maximum atomic E-state index is 11.1. The van der Waals surface area contributed by atoms with Gasteiger partial charge in [-0.2, -0.15) is 0 Å². The molecule has 2 aliphatic rings. The highest BCUT2D eigenvalue weighted by molar-refractivity contribution is 5.71. The molecule has 1 saturated heterocycles. The number of aromatic hydroxyl groups is 1. The normalized spacial score (nSPS) is 20.5. The van der Waals surface area contributed by atoms with Gasteiger partial charge in [-0.15, -0.1) is 0 Å². The smallest absolute Gasteiger partial charge is 0.296 e. The molecule has 1 aromatic rings. The Bertz CT molecular complexity index is 494. The Morgan fingerprint density at radius 1 is 1.21 bits per heavy atom. The molecule has 1 aliphatic carbocycles. The van der Waals surface area contributed by atoms with Gasteiger partial charge >= 0.3 is 0 Å². The van der Waals surface area contributed by atoms with Gasteiger partial charge in [0.2, 0.25) is 0 Å². The van der Waals surface area contributed by atoms with Crippen molar-refractivity contribution in [2.24, 2.45) is 0 Å². The first-order valence-electron chi connectivity index (χ1n) is 6.62. The standard InChI is InChI=1S/C13H17N3O3/c17-12-3-1-2-11(16(18)19)13(12)15-8-6-14(7-9-15)10-4-5-10/h1-3,10,17H,4-9H2. The largest absolute Gasteiger partial charge is 0.506 e. The summed E-state index contributed by atoms with van der Waals surface area (Å²) in [7, 11) is 0. The Kier molecular flexibility index (Phi) is 3.02. The maximum absolute atomic E-state index is 11.1. The third kappa shape index (κ3) is 2.35. The molecule has 6 nitrogen and oxygen atoms in total. The summed E-state index contributed by atoms with van der Waals surface area (Å²) in [5, 5.41) is 21.0. The van der Waals surface area contributed by atoms with E-state index in [1.54, 1.807) is 0 Å². The van der Waals surface area contributed by atoms with Gasteiger partial charge in [0.05, 0.1) is 4.92 Å². The van der Waals surface area contributed by atoms with Crippen LogP contribution in [0.1, 0.15) is 12.8 Å². The summed E-state index contributed by atoms with van der Waals surface area (Å²) in [6.07, 6.45) is 2.55. The van der Waals surface area contributed by atoms with Crippen LogP contribution in [0.3, 0.4) is 0 Å². The quantitative estimate of drug-likeness (QED) is 0.662. The minimum atomic E-state index is -0.428. The summed E-state index contributed by atoms with van der Waals surface area (Å²) in [6, 6.07) is 5.19. The molecule has 0 bridgehead atoms. The van der Waals surface area contributed by atoms with Gasteiger partial charge in [0.25, 0.3) is 5.69 Å². The van der Waals surface area contributed by atoms with Crippen LogP contribution in [0.15, 0.2) is 18.2 Å². The Balaban J connectivity index is 1.80. The van der Waals surface area contributed by atoms with Gasteiger partial charge in [-0.05, 0) is 18.9 Å². The Morgan fingerprint density at radius 3 is 2.47 bits per heavy atom. The molecule has 0 aromatic heterocycles. The molecule has 1 heterocycles. The number of phenols is 1. The highest BCUT2D eigenvalue weighted by Gasteiger charge is 2.33. The summed E-state index contributed by atoms with van der Waals surface area (Å²) >= 11 is 0. The number of para-hydroxylation sites is 1. The topological polar surface area (TPSA) is 69.8 Å². The molecule has 2 fully saturated rings. The minimum Gasteiger partial charge on any atom is -0.506 e. The number of nitro groups is 1. The number of hydrogen-bond donors (Lipinski definition) is 1. The molecular weight excluding hydrogens is 246 g/mol. The average molecular weight is 263 g/mol. The lowest BCUT2D eigenvalue weighted by Gasteiger charge is -2.36. The first-order chi connectivity index (χ1) is 9.16. The van der Waals surface area contributed by atoms with E-state index in [2.05, 4.69) is 4.90 Å². The third-order valence-corrected chi connectivity index (χ3v) is 3.88. The second-order valence-corrected chi connectivity index (χ2v) is 5.16. The maximum Gasteiger partial charge on any atom is 0.296 e. The molecule has 0 amide bonds. The van der Waals surface area contributed by atoms with Crippen LogP contribution >= 0.6 is 0 Å². The van der Waals surface area contributed by atoms with Crippen molar-refractivity contribution in [3.05, 3.63) is 28.3 Å². The summed E-state index contributed by atoms with van der Waals surface area (Å²) < 4.78 is 0. The number of nitrogens with zero attached hydrogens (tertiary/aromatic N) is 3. The first-order valence-corrected chi connectivity index (χ1v) is 6.62. The number of rotatable bonds is 3. The van der Waals surface area contributed by atoms with Crippen LogP contribution in [0.5, 0.6) is 5.75 Å². The average Bonchev–Trinajstić information content (AvgIpc) is 3.23. The van der Waals surface area contributed by atoms with Crippen molar-refractivity contribution in [3.8, 4) is 5.75 Å². The fourth-order valence-corrected chi connectivity index (χ4v) is 2.74. The molecule has 0 unspecified atom stereocenters. The van der Waals surface area contributed by atoms with E-state index in [1.165, 1.54) is 31.0 Å². The zero-order valence-electron chi connectivity index (χ0n) is 10.7. The molecule has 1 aromatic carbocycles. The zero-order chi connectivity index (χ0) is 13.4. The Labute approximate surface area is 111 Å². The van der Waals surface area contributed by atoms with Crippen LogP contribution in [-0.2, 0) is 0 Å². The zero-order valence-corrected chi connectivity index (χ0v) is 10.7. The van der Waals surface area contributed by atoms with Crippen LogP contribution in [0.4, 0.5) is 11.4 Å². The molecule has 0 spiro atoms.